The van der Waals surface area contributed by atoms with E-state index in [0.29, 0.717) is 0 Å². The van der Waals surface area contributed by atoms with Crippen LogP contribution in [0, 0.1) is 0 Å². The molecule has 480 valence electrons. The molecular formula is C72H152MoN2O4. The fourth-order valence-electron chi connectivity index (χ4n) is 11.9. The molecular weight excluding hydrogens is 1050 g/mol. The fraction of sp³-hybridized carbons (Fsp3) is 1.00. The molecule has 0 aromatic heterocycles. The number of quaternary nitrogens is 2. The molecule has 0 aliphatic rings. The summed E-state index contributed by atoms with van der Waals surface area (Å²) in [7, 11) is 0. The van der Waals surface area contributed by atoms with Gasteiger partial charge in [0.1, 0.15) is 0 Å². The Bertz CT molecular complexity index is 945. The predicted octanol–water partition coefficient (Wildman–Crippen LogP) is 20.6. The van der Waals surface area contributed by atoms with Gasteiger partial charge >= 0.3 is 31.1 Å². The van der Waals surface area contributed by atoms with Crippen LogP contribution in [0.1, 0.15) is 427 Å². The average molecular weight is 1210 g/mol. The standard InChI is InChI=1S/2C36H75N.Mo.4O/c2*1-4-7-10-13-16-19-22-25-28-31-34-37(35-32-29-26-23-20-17-14-11-8-5-2)36-33-30-27-24-21-18-15-12-9-6-3;;;;;/h2*4-36H2,1-3H3;;;;;/q;;;;;2*-1/p+2. The molecule has 0 saturated heterocycles. The van der Waals surface area contributed by atoms with E-state index < -0.39 is 16.7 Å². The van der Waals surface area contributed by atoms with E-state index in [0.717, 1.165) is 0 Å². The predicted molar refractivity (Wildman–Crippen MR) is 344 cm³/mol. The van der Waals surface area contributed by atoms with Crippen molar-refractivity contribution in [2.45, 2.75) is 427 Å². The molecule has 0 unspecified atom stereocenters. The Morgan fingerprint density at radius 3 is 0.342 bits per heavy atom. The van der Waals surface area contributed by atoms with Gasteiger partial charge in [0, 0.05) is 0 Å². The van der Waals surface area contributed by atoms with E-state index in [1.807, 2.05) is 9.80 Å². The van der Waals surface area contributed by atoms with Gasteiger partial charge in [0.05, 0.1) is 39.3 Å². The molecule has 0 atom stereocenters. The van der Waals surface area contributed by atoms with Gasteiger partial charge in [0.25, 0.3) is 0 Å². The molecule has 0 saturated carbocycles. The van der Waals surface area contributed by atoms with Crippen LogP contribution in [-0.4, -0.2) is 39.3 Å². The molecule has 0 aliphatic heterocycles. The Kier molecular flexibility index (Phi) is 80.3. The molecule has 0 spiro atoms. The summed E-state index contributed by atoms with van der Waals surface area (Å²) in [6.45, 7) is 22.6. The van der Waals surface area contributed by atoms with Gasteiger partial charge in [-0.25, -0.2) is 0 Å². The van der Waals surface area contributed by atoms with Crippen molar-refractivity contribution in [2.24, 2.45) is 0 Å². The van der Waals surface area contributed by atoms with Gasteiger partial charge in [0.15, 0.2) is 0 Å². The monoisotopic (exact) mass is 1210 g/mol. The number of unbranched alkanes of at least 4 members (excludes halogenated alkanes) is 54. The molecule has 0 fully saturated rings. The first-order valence-electron chi connectivity index (χ1n) is 37.0. The first-order valence-corrected chi connectivity index (χ1v) is 40.3. The van der Waals surface area contributed by atoms with Gasteiger partial charge in [-0.15, -0.1) is 0 Å². The first-order chi connectivity index (χ1) is 38.7. The van der Waals surface area contributed by atoms with Crippen molar-refractivity contribution in [2.75, 3.05) is 39.3 Å². The first kappa shape index (κ1) is 83.3. The van der Waals surface area contributed by atoms with E-state index in [9.17, 15) is 0 Å². The van der Waals surface area contributed by atoms with Crippen molar-refractivity contribution in [3.8, 4) is 0 Å². The topological polar surface area (TPSA) is 89.1 Å². The zero-order valence-corrected chi connectivity index (χ0v) is 57.7. The normalized spacial score (nSPS) is 11.7. The third kappa shape index (κ3) is 87.0. The second kappa shape index (κ2) is 76.1. The van der Waals surface area contributed by atoms with E-state index >= 15 is 0 Å². The van der Waals surface area contributed by atoms with Crippen molar-refractivity contribution >= 4 is 0 Å². The summed E-state index contributed by atoms with van der Waals surface area (Å²) in [5, 5.41) is 0. The van der Waals surface area contributed by atoms with Gasteiger partial charge in [-0.1, -0.05) is 350 Å². The van der Waals surface area contributed by atoms with E-state index in [-0.39, 0.29) is 0 Å². The molecule has 7 heteroatoms. The molecule has 0 amide bonds. The van der Waals surface area contributed by atoms with Crippen LogP contribution in [0.5, 0.6) is 0 Å². The van der Waals surface area contributed by atoms with Crippen LogP contribution in [0.15, 0.2) is 0 Å². The summed E-state index contributed by atoms with van der Waals surface area (Å²) in [5.74, 6) is 0. The maximum atomic E-state index is 8.63. The summed E-state index contributed by atoms with van der Waals surface area (Å²) >= 11 is -6.02. The van der Waals surface area contributed by atoms with E-state index in [1.165, 1.54) is 425 Å². The van der Waals surface area contributed by atoms with Crippen LogP contribution in [0.2, 0.25) is 0 Å². The molecule has 0 heterocycles. The number of hydrogen-bond acceptors (Lipinski definition) is 4. The van der Waals surface area contributed by atoms with Gasteiger partial charge < -0.3 is 9.80 Å². The Labute approximate surface area is 504 Å². The molecule has 2 N–H and O–H groups in total. The summed E-state index contributed by atoms with van der Waals surface area (Å²) in [5.41, 5.74) is 0. The van der Waals surface area contributed by atoms with Gasteiger partial charge in [-0.05, 0) is 77.0 Å². The number of rotatable bonds is 66. The van der Waals surface area contributed by atoms with Crippen molar-refractivity contribution in [1.29, 1.82) is 0 Å². The molecule has 0 aromatic rings. The minimum atomic E-state index is -6.02. The quantitative estimate of drug-likeness (QED) is 0.0469. The van der Waals surface area contributed by atoms with E-state index in [1.54, 1.807) is 0 Å². The fourth-order valence-corrected chi connectivity index (χ4v) is 11.9. The number of hydrogen-bond donors (Lipinski definition) is 2. The Hall–Kier alpha value is 0.128. The summed E-state index contributed by atoms with van der Waals surface area (Å²) in [6.07, 6.45) is 87.8. The molecule has 0 radical (unpaired) electrons. The Balaban J connectivity index is -0.00000134. The van der Waals surface area contributed by atoms with Crippen molar-refractivity contribution in [3.63, 3.8) is 0 Å². The Morgan fingerprint density at radius 2 is 0.253 bits per heavy atom. The second-order valence-electron chi connectivity index (χ2n) is 25.5. The van der Waals surface area contributed by atoms with Crippen molar-refractivity contribution < 1.29 is 40.9 Å². The van der Waals surface area contributed by atoms with Crippen molar-refractivity contribution in [1.82, 2.24) is 0 Å². The minimum absolute atomic E-state index is 1.37. The van der Waals surface area contributed by atoms with E-state index in [2.05, 4.69) is 41.5 Å². The molecule has 0 rings (SSSR count). The van der Waals surface area contributed by atoms with Crippen LogP contribution in [0.25, 0.3) is 0 Å². The van der Waals surface area contributed by atoms with Crippen LogP contribution in [0.3, 0.4) is 0 Å². The third-order valence-electron chi connectivity index (χ3n) is 17.3. The van der Waals surface area contributed by atoms with Crippen LogP contribution >= 0.6 is 0 Å². The van der Waals surface area contributed by atoms with Gasteiger partial charge in [0.2, 0.25) is 0 Å². The molecule has 79 heavy (non-hydrogen) atoms. The van der Waals surface area contributed by atoms with Crippen LogP contribution in [-0.2, 0) is 23.5 Å². The van der Waals surface area contributed by atoms with Crippen LogP contribution < -0.4 is 17.3 Å². The summed E-state index contributed by atoms with van der Waals surface area (Å²) < 4.78 is 34.5. The molecule has 0 aromatic carbocycles. The zero-order valence-electron chi connectivity index (χ0n) is 55.7. The second-order valence-corrected chi connectivity index (χ2v) is 27.5. The molecule has 6 nitrogen and oxygen atoms in total. The SMILES string of the molecule is CCCCCCCCCCCC[NH+](CCCCCCCCCCCC)CCCCCCCCCCCC.CCCCCCCCCCCC[NH+](CCCCCCCCCCCC)CCCCCCCCCCCC.[O]=[Mo](=[O])([O-])[O-]. The number of nitrogens with one attached hydrogen (secondary N) is 2. The zero-order chi connectivity index (χ0) is 58.3. The Morgan fingerprint density at radius 1 is 0.177 bits per heavy atom. The summed E-state index contributed by atoms with van der Waals surface area (Å²) in [6, 6.07) is 0. The summed E-state index contributed by atoms with van der Waals surface area (Å²) in [4.78, 5) is 3.89. The third-order valence-corrected chi connectivity index (χ3v) is 17.3. The van der Waals surface area contributed by atoms with Crippen molar-refractivity contribution in [3.05, 3.63) is 0 Å². The van der Waals surface area contributed by atoms with E-state index in [4.69, 9.17) is 14.3 Å². The van der Waals surface area contributed by atoms with Gasteiger partial charge in [-0.3, -0.25) is 0 Å². The maximum absolute atomic E-state index is 8.63. The molecule has 0 bridgehead atoms. The average Bonchev–Trinajstić information content (AvgIpc) is 3.43. The molecule has 0 aliphatic carbocycles. The van der Waals surface area contributed by atoms with Gasteiger partial charge in [-0.2, -0.15) is 0 Å². The van der Waals surface area contributed by atoms with Crippen LogP contribution in [0.4, 0.5) is 0 Å².